The standard InChI is InChI=1S/C36H48BN3O8/c1-33(2,3)45-31(42)29-27(37-47-35(7,8)36(9,10)48-37)15-16-28(38-29)40-19-17-24-20-23(21-25(26(24)22-40)30(41)44-12)14-13-18-39(11)32(43)46-34(4,5)6/h15-16,20-21H,17-19,22H2,1-12H3. The highest BCUT2D eigenvalue weighted by atomic mass is 16.7. The van der Waals surface area contributed by atoms with Crippen molar-refractivity contribution in [3.63, 3.8) is 0 Å². The number of methoxy groups -OCH3 is 1. The fourth-order valence-corrected chi connectivity index (χ4v) is 5.18. The average molecular weight is 662 g/mol. The van der Waals surface area contributed by atoms with Gasteiger partial charge in [0, 0.05) is 31.2 Å². The van der Waals surface area contributed by atoms with Gasteiger partial charge in [-0.2, -0.15) is 0 Å². The van der Waals surface area contributed by atoms with Crippen molar-refractivity contribution in [2.24, 2.45) is 0 Å². The molecule has 3 heterocycles. The molecule has 1 aromatic carbocycles. The number of nitrogens with zero attached hydrogens (tertiary/aromatic N) is 3. The van der Waals surface area contributed by atoms with E-state index in [1.165, 1.54) is 12.0 Å². The Morgan fingerprint density at radius 2 is 1.60 bits per heavy atom. The number of carbonyl (C=O) groups is 3. The van der Waals surface area contributed by atoms with Crippen LogP contribution in [0.1, 0.15) is 107 Å². The molecular formula is C36H48BN3O8. The predicted molar refractivity (Wildman–Crippen MR) is 183 cm³/mol. The van der Waals surface area contributed by atoms with Crippen LogP contribution in [0.5, 0.6) is 0 Å². The molecule has 0 N–H and O–H groups in total. The molecule has 2 aromatic rings. The molecule has 2 aliphatic rings. The van der Waals surface area contributed by atoms with E-state index in [9.17, 15) is 14.4 Å². The van der Waals surface area contributed by atoms with Crippen LogP contribution < -0.4 is 10.4 Å². The minimum atomic E-state index is -0.810. The molecule has 1 fully saturated rings. The van der Waals surface area contributed by atoms with Crippen molar-refractivity contribution in [1.29, 1.82) is 0 Å². The maximum atomic E-state index is 13.5. The molecule has 0 spiro atoms. The Balaban J connectivity index is 1.64. The van der Waals surface area contributed by atoms with Crippen LogP contribution in [0, 0.1) is 11.8 Å². The summed E-state index contributed by atoms with van der Waals surface area (Å²) in [6.45, 7) is 19.7. The summed E-state index contributed by atoms with van der Waals surface area (Å²) in [4.78, 5) is 47.0. The van der Waals surface area contributed by atoms with E-state index in [2.05, 4.69) is 11.8 Å². The molecule has 1 amide bonds. The molecule has 2 aliphatic heterocycles. The van der Waals surface area contributed by atoms with Crippen molar-refractivity contribution in [1.82, 2.24) is 9.88 Å². The molecule has 11 nitrogen and oxygen atoms in total. The van der Waals surface area contributed by atoms with Gasteiger partial charge in [0.1, 0.15) is 17.0 Å². The molecule has 258 valence electrons. The highest BCUT2D eigenvalue weighted by molar-refractivity contribution is 6.63. The van der Waals surface area contributed by atoms with Crippen LogP contribution >= 0.6 is 0 Å². The number of anilines is 1. The molecule has 1 aromatic heterocycles. The molecule has 1 saturated heterocycles. The SMILES string of the molecule is COC(=O)c1cc(C#CCN(C)C(=O)OC(C)(C)C)cc2c1CN(c1ccc(B3OC(C)(C)C(C)(C)O3)c(C(=O)OC(C)(C)C)n1)CC2. The summed E-state index contributed by atoms with van der Waals surface area (Å²) < 4.78 is 28.8. The van der Waals surface area contributed by atoms with Crippen molar-refractivity contribution in [3.05, 3.63) is 52.2 Å². The second-order valence-electron chi connectivity index (χ2n) is 15.2. The quantitative estimate of drug-likeness (QED) is 0.190. The molecule has 12 heteroatoms. The number of esters is 2. The van der Waals surface area contributed by atoms with Crippen molar-refractivity contribution < 1.29 is 37.9 Å². The Morgan fingerprint density at radius 1 is 0.979 bits per heavy atom. The van der Waals surface area contributed by atoms with Gasteiger partial charge in [0.15, 0.2) is 5.69 Å². The van der Waals surface area contributed by atoms with E-state index in [1.807, 2.05) is 44.7 Å². The van der Waals surface area contributed by atoms with Gasteiger partial charge >= 0.3 is 25.2 Å². The molecule has 0 atom stereocenters. The summed E-state index contributed by atoms with van der Waals surface area (Å²) in [6.07, 6.45) is 0.125. The summed E-state index contributed by atoms with van der Waals surface area (Å²) in [5.41, 5.74) is 0.805. The number of ether oxygens (including phenoxy) is 3. The molecule has 0 unspecified atom stereocenters. The predicted octanol–water partition coefficient (Wildman–Crippen LogP) is 4.90. The number of carbonyl (C=O) groups excluding carboxylic acids is 3. The molecule has 0 radical (unpaired) electrons. The smallest absolute Gasteiger partial charge is 0.465 e. The molecule has 0 bridgehead atoms. The van der Waals surface area contributed by atoms with E-state index in [1.54, 1.807) is 60.7 Å². The van der Waals surface area contributed by atoms with Crippen LogP contribution in [0.4, 0.5) is 10.6 Å². The fourth-order valence-electron chi connectivity index (χ4n) is 5.18. The third-order valence-corrected chi connectivity index (χ3v) is 8.34. The zero-order valence-electron chi connectivity index (χ0n) is 30.3. The lowest BCUT2D eigenvalue weighted by atomic mass is 9.77. The Labute approximate surface area is 284 Å². The van der Waals surface area contributed by atoms with Crippen LogP contribution in [0.25, 0.3) is 0 Å². The normalized spacial score (nSPS) is 16.8. The van der Waals surface area contributed by atoms with Crippen LogP contribution in [-0.4, -0.2) is 84.7 Å². The molecule has 48 heavy (non-hydrogen) atoms. The molecule has 0 saturated carbocycles. The zero-order chi connectivity index (χ0) is 35.8. The lowest BCUT2D eigenvalue weighted by Crippen LogP contribution is -2.41. The first-order chi connectivity index (χ1) is 22.1. The second kappa shape index (κ2) is 13.4. The molecule has 0 aliphatic carbocycles. The van der Waals surface area contributed by atoms with Gasteiger partial charge in [-0.3, -0.25) is 0 Å². The number of hydrogen-bond donors (Lipinski definition) is 0. The van der Waals surface area contributed by atoms with Gasteiger partial charge in [-0.1, -0.05) is 17.9 Å². The van der Waals surface area contributed by atoms with Crippen LogP contribution in [-0.2, 0) is 36.5 Å². The molecular weight excluding hydrogens is 613 g/mol. The van der Waals surface area contributed by atoms with Gasteiger partial charge in [-0.05, 0) is 105 Å². The van der Waals surface area contributed by atoms with Gasteiger partial charge in [0.2, 0.25) is 0 Å². The highest BCUT2D eigenvalue weighted by Crippen LogP contribution is 2.37. The largest absolute Gasteiger partial charge is 0.497 e. The first kappa shape index (κ1) is 36.8. The minimum absolute atomic E-state index is 0.113. The van der Waals surface area contributed by atoms with E-state index < -0.39 is 47.6 Å². The van der Waals surface area contributed by atoms with Gasteiger partial charge in [-0.25, -0.2) is 19.4 Å². The number of benzene rings is 1. The number of hydrogen-bond acceptors (Lipinski definition) is 10. The van der Waals surface area contributed by atoms with E-state index in [0.29, 0.717) is 41.9 Å². The van der Waals surface area contributed by atoms with Crippen molar-refractivity contribution in [2.75, 3.05) is 32.1 Å². The Hall–Kier alpha value is -4.08. The van der Waals surface area contributed by atoms with Crippen LogP contribution in [0.3, 0.4) is 0 Å². The van der Waals surface area contributed by atoms with Gasteiger partial charge in [-0.15, -0.1) is 0 Å². The summed E-state index contributed by atoms with van der Waals surface area (Å²) in [5.74, 6) is 5.56. The Morgan fingerprint density at radius 3 is 2.19 bits per heavy atom. The summed E-state index contributed by atoms with van der Waals surface area (Å²) in [6, 6.07) is 7.29. The third-order valence-electron chi connectivity index (χ3n) is 8.34. The van der Waals surface area contributed by atoms with Crippen LogP contribution in [0.2, 0.25) is 0 Å². The van der Waals surface area contributed by atoms with E-state index in [0.717, 1.165) is 11.1 Å². The Kier molecular flexibility index (Phi) is 10.3. The van der Waals surface area contributed by atoms with Crippen molar-refractivity contribution in [2.45, 2.75) is 105 Å². The third kappa shape index (κ3) is 8.49. The van der Waals surface area contributed by atoms with Crippen molar-refractivity contribution in [3.8, 4) is 11.8 Å². The van der Waals surface area contributed by atoms with Gasteiger partial charge in [0.05, 0.1) is 30.4 Å². The van der Waals surface area contributed by atoms with E-state index in [-0.39, 0.29) is 12.2 Å². The minimum Gasteiger partial charge on any atom is -0.465 e. The fraction of sp³-hybridized carbons (Fsp3) is 0.556. The Bertz CT molecular complexity index is 1630. The topological polar surface area (TPSA) is 117 Å². The van der Waals surface area contributed by atoms with Gasteiger partial charge < -0.3 is 33.3 Å². The summed E-state index contributed by atoms with van der Waals surface area (Å²) in [5, 5.41) is 0. The monoisotopic (exact) mass is 661 g/mol. The van der Waals surface area contributed by atoms with E-state index in [4.69, 9.17) is 28.5 Å². The highest BCUT2D eigenvalue weighted by Gasteiger charge is 2.53. The molecule has 4 rings (SSSR count). The van der Waals surface area contributed by atoms with Crippen LogP contribution in [0.15, 0.2) is 24.3 Å². The number of fused-ring (bicyclic) bond motifs is 1. The first-order valence-corrected chi connectivity index (χ1v) is 16.1. The summed E-state index contributed by atoms with van der Waals surface area (Å²) >= 11 is 0. The number of aromatic nitrogens is 1. The number of rotatable bonds is 5. The van der Waals surface area contributed by atoms with E-state index >= 15 is 0 Å². The maximum absolute atomic E-state index is 13.5. The second-order valence-corrected chi connectivity index (χ2v) is 15.2. The number of amides is 1. The lowest BCUT2D eigenvalue weighted by molar-refractivity contribution is 0.00578. The van der Waals surface area contributed by atoms with Crippen molar-refractivity contribution >= 4 is 36.4 Å². The van der Waals surface area contributed by atoms with Gasteiger partial charge in [0.25, 0.3) is 0 Å². The summed E-state index contributed by atoms with van der Waals surface area (Å²) in [7, 11) is 2.15. The maximum Gasteiger partial charge on any atom is 0.497 e. The average Bonchev–Trinajstić information content (AvgIpc) is 3.19. The lowest BCUT2D eigenvalue weighted by Gasteiger charge is -2.32. The number of pyridine rings is 1. The zero-order valence-corrected chi connectivity index (χ0v) is 30.3. The first-order valence-electron chi connectivity index (χ1n) is 16.1.